The molecular weight excluding hydrogens is 302 g/mol. The Morgan fingerprint density at radius 1 is 1.57 bits per heavy atom. The quantitative estimate of drug-likeness (QED) is 0.819. The maximum atomic E-state index is 12.2. The number of carbonyl (C=O) groups excluding carboxylic acids is 1. The molecule has 1 heterocycles. The summed E-state index contributed by atoms with van der Waals surface area (Å²) >= 11 is 3.29. The molecule has 0 aromatic carbocycles. The molecule has 2 rings (SSSR count). The lowest BCUT2D eigenvalue weighted by atomic mass is 9.84. The van der Waals surface area contributed by atoms with E-state index in [4.69, 9.17) is 5.11 Å². The fraction of sp³-hybridized carbons (Fsp3) is 0.562. The number of thiophene rings is 1. The molecule has 2 N–H and O–H groups in total. The van der Waals surface area contributed by atoms with Gasteiger partial charge in [-0.15, -0.1) is 11.3 Å². The van der Waals surface area contributed by atoms with Crippen LogP contribution in [0.2, 0.25) is 0 Å². The molecular formula is C16H21NO2S2. The maximum Gasteiger partial charge on any atom is 0.261 e. The highest BCUT2D eigenvalue weighted by Crippen LogP contribution is 2.42. The van der Waals surface area contributed by atoms with E-state index in [-0.39, 0.29) is 17.3 Å². The number of aliphatic hydroxyl groups is 1. The van der Waals surface area contributed by atoms with E-state index in [1.807, 2.05) is 24.8 Å². The number of aryl methyl sites for hydroxylation is 1. The van der Waals surface area contributed by atoms with Gasteiger partial charge in [0.25, 0.3) is 5.91 Å². The largest absolute Gasteiger partial charge is 0.395 e. The summed E-state index contributed by atoms with van der Waals surface area (Å²) in [5, 5.41) is 11.8. The average Bonchev–Trinajstić information content (AvgIpc) is 2.80. The van der Waals surface area contributed by atoms with E-state index < -0.39 is 0 Å². The summed E-state index contributed by atoms with van der Waals surface area (Å²) in [6.07, 6.45) is 6.23. The SMILES string of the molecule is CSC1(CNC(=O)c2cc(C)c(C#CCCO)s2)CCC1. The van der Waals surface area contributed by atoms with Crippen LogP contribution in [0, 0.1) is 18.8 Å². The molecule has 3 nitrogen and oxygen atoms in total. The normalized spacial score (nSPS) is 15.8. The van der Waals surface area contributed by atoms with Crippen molar-refractivity contribution in [2.75, 3.05) is 19.4 Å². The van der Waals surface area contributed by atoms with Gasteiger partial charge in [0, 0.05) is 17.7 Å². The fourth-order valence-electron chi connectivity index (χ4n) is 2.27. The molecule has 0 unspecified atom stereocenters. The van der Waals surface area contributed by atoms with E-state index in [1.54, 1.807) is 0 Å². The summed E-state index contributed by atoms with van der Waals surface area (Å²) in [4.78, 5) is 13.9. The van der Waals surface area contributed by atoms with E-state index in [9.17, 15) is 4.79 Å². The fourth-order valence-corrected chi connectivity index (χ4v) is 4.15. The number of rotatable bonds is 5. The highest BCUT2D eigenvalue weighted by molar-refractivity contribution is 8.00. The van der Waals surface area contributed by atoms with Crippen LogP contribution in [-0.2, 0) is 0 Å². The third-order valence-electron chi connectivity index (χ3n) is 3.85. The number of amides is 1. The molecule has 5 heteroatoms. The van der Waals surface area contributed by atoms with Gasteiger partial charge in [0.1, 0.15) is 0 Å². The Bertz CT molecular complexity index is 559. The van der Waals surface area contributed by atoms with Crippen LogP contribution in [-0.4, -0.2) is 35.2 Å². The second kappa shape index (κ2) is 7.35. The minimum atomic E-state index is -0.00127. The average molecular weight is 323 g/mol. The highest BCUT2D eigenvalue weighted by Gasteiger charge is 2.36. The molecule has 0 spiro atoms. The van der Waals surface area contributed by atoms with Crippen LogP contribution in [0.5, 0.6) is 0 Å². The van der Waals surface area contributed by atoms with E-state index in [0.717, 1.165) is 21.9 Å². The second-order valence-electron chi connectivity index (χ2n) is 5.32. The number of nitrogens with one attached hydrogen (secondary N) is 1. The lowest BCUT2D eigenvalue weighted by Crippen LogP contribution is -2.45. The molecule has 0 aliphatic heterocycles. The van der Waals surface area contributed by atoms with Crippen LogP contribution < -0.4 is 5.32 Å². The van der Waals surface area contributed by atoms with Crippen molar-refractivity contribution in [3.8, 4) is 11.8 Å². The second-order valence-corrected chi connectivity index (χ2v) is 7.65. The molecule has 1 saturated carbocycles. The minimum Gasteiger partial charge on any atom is -0.395 e. The highest BCUT2D eigenvalue weighted by atomic mass is 32.2. The Labute approximate surface area is 134 Å². The van der Waals surface area contributed by atoms with Crippen LogP contribution in [0.4, 0.5) is 0 Å². The molecule has 1 aliphatic rings. The predicted molar refractivity (Wildman–Crippen MR) is 90.1 cm³/mol. The van der Waals surface area contributed by atoms with Crippen molar-refractivity contribution in [3.63, 3.8) is 0 Å². The zero-order valence-corrected chi connectivity index (χ0v) is 14.1. The van der Waals surface area contributed by atoms with Crippen LogP contribution in [0.15, 0.2) is 6.07 Å². The first-order chi connectivity index (χ1) is 10.1. The summed E-state index contributed by atoms with van der Waals surface area (Å²) in [5.41, 5.74) is 1.03. The molecule has 0 atom stereocenters. The first-order valence-electron chi connectivity index (χ1n) is 7.14. The minimum absolute atomic E-state index is 0.00127. The van der Waals surface area contributed by atoms with E-state index in [2.05, 4.69) is 23.4 Å². The van der Waals surface area contributed by atoms with E-state index in [1.165, 1.54) is 30.6 Å². The Morgan fingerprint density at radius 2 is 2.33 bits per heavy atom. The van der Waals surface area contributed by atoms with E-state index >= 15 is 0 Å². The molecule has 0 saturated heterocycles. The van der Waals surface area contributed by atoms with Gasteiger partial charge in [-0.25, -0.2) is 0 Å². The van der Waals surface area contributed by atoms with Crippen molar-refractivity contribution < 1.29 is 9.90 Å². The van der Waals surface area contributed by atoms with Crippen LogP contribution >= 0.6 is 23.1 Å². The van der Waals surface area contributed by atoms with Gasteiger partial charge in [0.05, 0.1) is 16.4 Å². The standard InChI is InChI=1S/C16H21NO2S2/c1-12-10-14(21-13(12)6-3-4-9-18)15(19)17-11-16(20-2)7-5-8-16/h10,18H,4-5,7-9,11H2,1-2H3,(H,17,19). The Morgan fingerprint density at radius 3 is 2.90 bits per heavy atom. The van der Waals surface area contributed by atoms with Crippen molar-refractivity contribution in [1.29, 1.82) is 0 Å². The predicted octanol–water partition coefficient (Wildman–Crippen LogP) is 2.81. The number of hydrogen-bond acceptors (Lipinski definition) is 4. The molecule has 114 valence electrons. The van der Waals surface area contributed by atoms with Gasteiger partial charge in [-0.05, 0) is 37.7 Å². The lowest BCUT2D eigenvalue weighted by Gasteiger charge is -2.40. The number of carbonyl (C=O) groups is 1. The first kappa shape index (κ1) is 16.4. The smallest absolute Gasteiger partial charge is 0.261 e. The number of thioether (sulfide) groups is 1. The van der Waals surface area contributed by atoms with Gasteiger partial charge in [0.2, 0.25) is 0 Å². The van der Waals surface area contributed by atoms with Gasteiger partial charge < -0.3 is 10.4 Å². The zero-order valence-electron chi connectivity index (χ0n) is 12.5. The van der Waals surface area contributed by atoms with Crippen molar-refractivity contribution in [2.24, 2.45) is 0 Å². The van der Waals surface area contributed by atoms with Gasteiger partial charge in [-0.2, -0.15) is 11.8 Å². The Hall–Kier alpha value is -0.960. The Kier molecular flexibility index (Phi) is 5.74. The zero-order chi connectivity index (χ0) is 15.3. The van der Waals surface area contributed by atoms with Gasteiger partial charge in [0.15, 0.2) is 0 Å². The summed E-state index contributed by atoms with van der Waals surface area (Å²) < 4.78 is 0.256. The van der Waals surface area contributed by atoms with Crippen LogP contribution in [0.25, 0.3) is 0 Å². The third kappa shape index (κ3) is 4.03. The molecule has 1 aliphatic carbocycles. The van der Waals surface area contributed by atoms with Gasteiger partial charge in [-0.1, -0.05) is 18.3 Å². The third-order valence-corrected chi connectivity index (χ3v) is 6.42. The molecule has 0 radical (unpaired) electrons. The maximum absolute atomic E-state index is 12.2. The summed E-state index contributed by atoms with van der Waals surface area (Å²) in [6.45, 7) is 2.78. The molecule has 21 heavy (non-hydrogen) atoms. The summed E-state index contributed by atoms with van der Waals surface area (Å²) in [6, 6.07) is 1.90. The van der Waals surface area contributed by atoms with Gasteiger partial charge in [-0.3, -0.25) is 4.79 Å². The number of hydrogen-bond donors (Lipinski definition) is 2. The lowest BCUT2D eigenvalue weighted by molar-refractivity contribution is 0.0948. The van der Waals surface area contributed by atoms with Gasteiger partial charge >= 0.3 is 0 Å². The van der Waals surface area contributed by atoms with Crippen molar-refractivity contribution >= 4 is 29.0 Å². The summed E-state index contributed by atoms with van der Waals surface area (Å²) in [7, 11) is 0. The molecule has 1 amide bonds. The van der Waals surface area contributed by atoms with Crippen molar-refractivity contribution in [3.05, 3.63) is 21.4 Å². The van der Waals surface area contributed by atoms with E-state index in [0.29, 0.717) is 6.42 Å². The Balaban J connectivity index is 1.97. The van der Waals surface area contributed by atoms with Crippen molar-refractivity contribution in [2.45, 2.75) is 37.4 Å². The number of aliphatic hydroxyl groups excluding tert-OH is 1. The molecule has 0 bridgehead atoms. The molecule has 1 aromatic rings. The van der Waals surface area contributed by atoms with Crippen LogP contribution in [0.3, 0.4) is 0 Å². The monoisotopic (exact) mass is 323 g/mol. The summed E-state index contributed by atoms with van der Waals surface area (Å²) in [5.74, 6) is 5.92. The molecule has 1 aromatic heterocycles. The topological polar surface area (TPSA) is 49.3 Å². The molecule has 1 fully saturated rings. The first-order valence-corrected chi connectivity index (χ1v) is 9.18. The van der Waals surface area contributed by atoms with Crippen LogP contribution in [0.1, 0.15) is 45.8 Å². The van der Waals surface area contributed by atoms with Crippen molar-refractivity contribution in [1.82, 2.24) is 5.32 Å².